The molecule has 3 heteroatoms. The van der Waals surface area contributed by atoms with Crippen molar-refractivity contribution in [3.05, 3.63) is 24.3 Å². The van der Waals surface area contributed by atoms with Gasteiger partial charge in [0.1, 0.15) is 6.10 Å². The van der Waals surface area contributed by atoms with E-state index in [9.17, 15) is 0 Å². The van der Waals surface area contributed by atoms with Crippen LogP contribution in [-0.4, -0.2) is 12.1 Å². The summed E-state index contributed by atoms with van der Waals surface area (Å²) in [4.78, 5) is 9.35. The van der Waals surface area contributed by atoms with Crippen molar-refractivity contribution in [1.29, 1.82) is 0 Å². The molecule has 0 amide bonds. The molecule has 48 valence electrons. The van der Waals surface area contributed by atoms with Gasteiger partial charge in [-0.15, -0.1) is 4.99 Å². The Balaban J connectivity index is 2.18. The molecule has 1 N–H and O–H groups in total. The predicted octanol–water partition coefficient (Wildman–Crippen LogP) is 0.316. The summed E-state index contributed by atoms with van der Waals surface area (Å²) in [5, 5.41) is 0. The van der Waals surface area contributed by atoms with Crippen molar-refractivity contribution in [1.82, 2.24) is 5.48 Å². The van der Waals surface area contributed by atoms with Crippen LogP contribution in [0.1, 0.15) is 0 Å². The van der Waals surface area contributed by atoms with E-state index in [0.717, 1.165) is 0 Å². The van der Waals surface area contributed by atoms with Gasteiger partial charge in [0.25, 0.3) is 0 Å². The molecule has 0 saturated carbocycles. The zero-order chi connectivity index (χ0) is 6.10. The van der Waals surface area contributed by atoms with E-state index in [1.807, 2.05) is 24.3 Å². The Hall–Kier alpha value is -0.640. The molecular formula is C6H7NO2. The van der Waals surface area contributed by atoms with E-state index in [0.29, 0.717) is 0 Å². The van der Waals surface area contributed by atoms with Crippen LogP contribution in [-0.2, 0) is 9.88 Å². The maximum absolute atomic E-state index is 4.81. The van der Waals surface area contributed by atoms with E-state index in [1.165, 1.54) is 0 Å². The Morgan fingerprint density at radius 1 is 1.22 bits per heavy atom. The summed E-state index contributed by atoms with van der Waals surface area (Å²) in [5.74, 6) is 0. The van der Waals surface area contributed by atoms with Gasteiger partial charge < -0.3 is 0 Å². The second kappa shape index (κ2) is 1.95. The number of hydrogen-bond donors (Lipinski definition) is 1. The van der Waals surface area contributed by atoms with Crippen molar-refractivity contribution in [2.45, 2.75) is 12.1 Å². The van der Waals surface area contributed by atoms with Crippen LogP contribution in [0.4, 0.5) is 0 Å². The van der Waals surface area contributed by atoms with Crippen LogP contribution >= 0.6 is 0 Å². The fourth-order valence-corrected chi connectivity index (χ4v) is 0.924. The molecule has 2 aliphatic rings. The molecule has 1 aliphatic carbocycles. The third kappa shape index (κ3) is 0.790. The number of rotatable bonds is 0. The summed E-state index contributed by atoms with van der Waals surface area (Å²) in [6, 6.07) is 0.204. The van der Waals surface area contributed by atoms with Gasteiger partial charge in [-0.3, -0.25) is 0 Å². The third-order valence-electron chi connectivity index (χ3n) is 1.43. The lowest BCUT2D eigenvalue weighted by molar-refractivity contribution is -0.299. The SMILES string of the molecule is C1=CC2NOOC2C=C1. The summed E-state index contributed by atoms with van der Waals surface area (Å²) in [5.41, 5.74) is 2.70. The maximum atomic E-state index is 4.81. The van der Waals surface area contributed by atoms with E-state index < -0.39 is 0 Å². The number of hydroxylamine groups is 1. The van der Waals surface area contributed by atoms with E-state index >= 15 is 0 Å². The van der Waals surface area contributed by atoms with E-state index in [4.69, 9.17) is 4.89 Å². The van der Waals surface area contributed by atoms with E-state index in [2.05, 4.69) is 10.5 Å². The largest absolute Gasteiger partial charge is 0.208 e. The van der Waals surface area contributed by atoms with Gasteiger partial charge in [-0.25, -0.2) is 4.89 Å². The highest BCUT2D eigenvalue weighted by atomic mass is 17.3. The van der Waals surface area contributed by atoms with E-state index in [1.54, 1.807) is 0 Å². The molecule has 0 bridgehead atoms. The monoisotopic (exact) mass is 125 g/mol. The van der Waals surface area contributed by atoms with Crippen LogP contribution in [0.25, 0.3) is 0 Å². The lowest BCUT2D eigenvalue weighted by atomic mass is 10.1. The van der Waals surface area contributed by atoms with Crippen molar-refractivity contribution in [3.63, 3.8) is 0 Å². The molecule has 0 aromatic heterocycles. The average molecular weight is 125 g/mol. The lowest BCUT2D eigenvalue weighted by Gasteiger charge is -2.07. The Bertz CT molecular complexity index is 146. The number of fused-ring (bicyclic) bond motifs is 1. The van der Waals surface area contributed by atoms with E-state index in [-0.39, 0.29) is 12.1 Å². The zero-order valence-corrected chi connectivity index (χ0v) is 4.78. The molecule has 1 heterocycles. The molecule has 9 heavy (non-hydrogen) atoms. The molecule has 2 rings (SSSR count). The Kier molecular flexibility index (Phi) is 1.12. The van der Waals surface area contributed by atoms with Crippen LogP contribution in [0, 0.1) is 0 Å². The first-order chi connectivity index (χ1) is 4.47. The number of allylic oxidation sites excluding steroid dienone is 2. The molecular weight excluding hydrogens is 118 g/mol. The summed E-state index contributed by atoms with van der Waals surface area (Å²) < 4.78 is 0. The van der Waals surface area contributed by atoms with Gasteiger partial charge in [-0.1, -0.05) is 24.3 Å². The summed E-state index contributed by atoms with van der Waals surface area (Å²) in [6.45, 7) is 0. The van der Waals surface area contributed by atoms with Crippen molar-refractivity contribution in [2.24, 2.45) is 0 Å². The molecule has 1 saturated heterocycles. The fraction of sp³-hybridized carbons (Fsp3) is 0.333. The first kappa shape index (κ1) is 5.17. The van der Waals surface area contributed by atoms with Gasteiger partial charge in [-0.2, -0.15) is 5.48 Å². The lowest BCUT2D eigenvalue weighted by Crippen LogP contribution is -2.27. The minimum absolute atomic E-state index is 0.0648. The van der Waals surface area contributed by atoms with Crippen LogP contribution in [0.3, 0.4) is 0 Å². The minimum Gasteiger partial charge on any atom is -0.208 e. The molecule has 0 radical (unpaired) electrons. The van der Waals surface area contributed by atoms with Gasteiger partial charge >= 0.3 is 0 Å². The van der Waals surface area contributed by atoms with Crippen LogP contribution < -0.4 is 5.48 Å². The zero-order valence-electron chi connectivity index (χ0n) is 4.78. The summed E-state index contributed by atoms with van der Waals surface area (Å²) in [6.07, 6.45) is 7.92. The summed E-state index contributed by atoms with van der Waals surface area (Å²) in [7, 11) is 0. The standard InChI is InChI=1S/C6H7NO2/c1-2-4-6-5(3-1)7-9-8-6/h1-7H. The second-order valence-electron chi connectivity index (χ2n) is 2.06. The fourth-order valence-electron chi connectivity index (χ4n) is 0.924. The van der Waals surface area contributed by atoms with Gasteiger partial charge in [0.05, 0.1) is 6.04 Å². The van der Waals surface area contributed by atoms with Gasteiger partial charge in [0, 0.05) is 0 Å². The maximum Gasteiger partial charge on any atom is 0.134 e. The Morgan fingerprint density at radius 2 is 2.11 bits per heavy atom. The molecule has 2 unspecified atom stereocenters. The molecule has 0 aromatic rings. The second-order valence-corrected chi connectivity index (χ2v) is 2.06. The quantitative estimate of drug-likeness (QED) is 0.473. The van der Waals surface area contributed by atoms with Crippen molar-refractivity contribution < 1.29 is 9.88 Å². The third-order valence-corrected chi connectivity index (χ3v) is 1.43. The Morgan fingerprint density at radius 3 is 3.00 bits per heavy atom. The van der Waals surface area contributed by atoms with Crippen molar-refractivity contribution >= 4 is 0 Å². The van der Waals surface area contributed by atoms with Crippen molar-refractivity contribution in [2.75, 3.05) is 0 Å². The molecule has 2 atom stereocenters. The molecule has 1 aliphatic heterocycles. The highest BCUT2D eigenvalue weighted by Crippen LogP contribution is 2.13. The first-order valence-electron chi connectivity index (χ1n) is 2.90. The minimum atomic E-state index is 0.0648. The average Bonchev–Trinajstić information content (AvgIpc) is 2.33. The van der Waals surface area contributed by atoms with Gasteiger partial charge in [0.15, 0.2) is 0 Å². The van der Waals surface area contributed by atoms with Crippen LogP contribution in [0.5, 0.6) is 0 Å². The molecule has 0 aromatic carbocycles. The van der Waals surface area contributed by atoms with Gasteiger partial charge in [-0.05, 0) is 0 Å². The van der Waals surface area contributed by atoms with Crippen molar-refractivity contribution in [3.8, 4) is 0 Å². The van der Waals surface area contributed by atoms with Crippen LogP contribution in [0.2, 0.25) is 0 Å². The number of hydrogen-bond acceptors (Lipinski definition) is 3. The molecule has 1 fully saturated rings. The van der Waals surface area contributed by atoms with Gasteiger partial charge in [0.2, 0.25) is 0 Å². The molecule has 3 nitrogen and oxygen atoms in total. The topological polar surface area (TPSA) is 30.5 Å². The highest BCUT2D eigenvalue weighted by molar-refractivity contribution is 5.18. The first-order valence-corrected chi connectivity index (χ1v) is 2.90. The Labute approximate surface area is 52.8 Å². The summed E-state index contributed by atoms with van der Waals surface area (Å²) >= 11 is 0. The number of nitrogens with one attached hydrogen (secondary N) is 1. The smallest absolute Gasteiger partial charge is 0.134 e. The molecule has 0 spiro atoms. The highest BCUT2D eigenvalue weighted by Gasteiger charge is 2.26. The normalized spacial score (nSPS) is 39.1. The predicted molar refractivity (Wildman–Crippen MR) is 31.2 cm³/mol. The van der Waals surface area contributed by atoms with Crippen LogP contribution in [0.15, 0.2) is 24.3 Å².